The minimum Gasteiger partial charge on any atom is -0.497 e. The van der Waals surface area contributed by atoms with E-state index in [0.29, 0.717) is 18.0 Å². The number of nitrogens with one attached hydrogen (secondary N) is 1. The molecule has 1 fully saturated rings. The number of benzene rings is 1. The van der Waals surface area contributed by atoms with Gasteiger partial charge in [-0.15, -0.1) is 0 Å². The third kappa shape index (κ3) is 3.22. The highest BCUT2D eigenvalue weighted by Gasteiger charge is 2.48. The number of carboxylic acids is 1. The van der Waals surface area contributed by atoms with Gasteiger partial charge in [0.2, 0.25) is 17.6 Å². The molecule has 126 valence electrons. The van der Waals surface area contributed by atoms with Crippen molar-refractivity contribution in [3.05, 3.63) is 30.2 Å². The van der Waals surface area contributed by atoms with Crippen LogP contribution in [0.4, 0.5) is 0 Å². The van der Waals surface area contributed by atoms with E-state index < -0.39 is 23.8 Å². The van der Waals surface area contributed by atoms with Crippen LogP contribution in [0.5, 0.6) is 5.75 Å². The van der Waals surface area contributed by atoms with Crippen LogP contribution in [0.3, 0.4) is 0 Å². The van der Waals surface area contributed by atoms with Gasteiger partial charge < -0.3 is 19.7 Å². The summed E-state index contributed by atoms with van der Waals surface area (Å²) in [6.07, 6.45) is 0.368. The van der Waals surface area contributed by atoms with E-state index in [1.807, 2.05) is 18.2 Å². The van der Waals surface area contributed by atoms with E-state index in [0.717, 1.165) is 5.56 Å². The van der Waals surface area contributed by atoms with E-state index in [9.17, 15) is 9.59 Å². The predicted molar refractivity (Wildman–Crippen MR) is 82.1 cm³/mol. The number of carbonyl (C=O) groups excluding carboxylic acids is 1. The minimum atomic E-state index is -0.944. The smallest absolute Gasteiger partial charge is 0.307 e. The fourth-order valence-electron chi connectivity index (χ4n) is 2.43. The molecule has 1 saturated carbocycles. The van der Waals surface area contributed by atoms with Gasteiger partial charge in [-0.2, -0.15) is 4.98 Å². The number of carbonyl (C=O) groups is 2. The van der Waals surface area contributed by atoms with Crippen molar-refractivity contribution in [1.29, 1.82) is 0 Å². The van der Waals surface area contributed by atoms with E-state index in [2.05, 4.69) is 15.5 Å². The summed E-state index contributed by atoms with van der Waals surface area (Å²) in [5.41, 5.74) is 0.732. The third-order valence-electron chi connectivity index (χ3n) is 3.94. The second-order valence-electron chi connectivity index (χ2n) is 5.71. The van der Waals surface area contributed by atoms with Crippen LogP contribution in [0.2, 0.25) is 0 Å². The van der Waals surface area contributed by atoms with Crippen molar-refractivity contribution in [3.63, 3.8) is 0 Å². The van der Waals surface area contributed by atoms with Crippen LogP contribution >= 0.6 is 0 Å². The molecule has 0 radical (unpaired) electrons. The first-order chi connectivity index (χ1) is 11.5. The number of aromatic nitrogens is 2. The van der Waals surface area contributed by atoms with Crippen LogP contribution in [0.15, 0.2) is 28.8 Å². The number of amides is 1. The molecule has 0 aliphatic heterocycles. The van der Waals surface area contributed by atoms with Gasteiger partial charge in [-0.1, -0.05) is 17.3 Å². The summed E-state index contributed by atoms with van der Waals surface area (Å²) in [4.78, 5) is 27.1. The van der Waals surface area contributed by atoms with Gasteiger partial charge in [0.15, 0.2) is 0 Å². The second-order valence-corrected chi connectivity index (χ2v) is 5.71. The molecule has 1 aliphatic rings. The van der Waals surface area contributed by atoms with E-state index in [1.54, 1.807) is 20.1 Å². The maximum atomic E-state index is 12.0. The van der Waals surface area contributed by atoms with Gasteiger partial charge >= 0.3 is 5.97 Å². The SMILES string of the molecule is COc1cccc(-c2noc([C@H](C)NC(=O)[C@H]3C[C@@H]3C(=O)O)n2)c1. The summed E-state index contributed by atoms with van der Waals surface area (Å²) >= 11 is 0. The van der Waals surface area contributed by atoms with Crippen LogP contribution < -0.4 is 10.1 Å². The molecular formula is C16H17N3O5. The Morgan fingerprint density at radius 2 is 2.21 bits per heavy atom. The van der Waals surface area contributed by atoms with Gasteiger partial charge in [-0.05, 0) is 25.5 Å². The van der Waals surface area contributed by atoms with Crippen molar-refractivity contribution in [3.8, 4) is 17.1 Å². The zero-order valence-electron chi connectivity index (χ0n) is 13.2. The predicted octanol–water partition coefficient (Wildman–Crippen LogP) is 1.64. The number of hydrogen-bond donors (Lipinski definition) is 2. The van der Waals surface area contributed by atoms with Crippen molar-refractivity contribution in [1.82, 2.24) is 15.5 Å². The number of ether oxygens (including phenoxy) is 1. The van der Waals surface area contributed by atoms with Gasteiger partial charge in [-0.25, -0.2) is 0 Å². The Kier molecular flexibility index (Phi) is 4.20. The molecule has 3 atom stereocenters. The third-order valence-corrected chi connectivity index (χ3v) is 3.94. The molecule has 2 N–H and O–H groups in total. The number of nitrogens with zero attached hydrogens (tertiary/aromatic N) is 2. The van der Waals surface area contributed by atoms with Gasteiger partial charge in [0.1, 0.15) is 11.8 Å². The highest BCUT2D eigenvalue weighted by Crippen LogP contribution is 2.39. The minimum absolute atomic E-state index is 0.258. The Hall–Kier alpha value is -2.90. The van der Waals surface area contributed by atoms with Gasteiger partial charge in [0.05, 0.1) is 18.9 Å². The zero-order valence-corrected chi connectivity index (χ0v) is 13.2. The normalized spacial score (nSPS) is 20.2. The first kappa shape index (κ1) is 16.0. The van der Waals surface area contributed by atoms with E-state index in [-0.39, 0.29) is 11.8 Å². The molecule has 1 heterocycles. The monoisotopic (exact) mass is 331 g/mol. The lowest BCUT2D eigenvalue weighted by atomic mass is 10.2. The molecule has 1 aromatic carbocycles. The van der Waals surface area contributed by atoms with Crippen molar-refractivity contribution >= 4 is 11.9 Å². The van der Waals surface area contributed by atoms with Crippen molar-refractivity contribution < 1.29 is 24.0 Å². The Morgan fingerprint density at radius 3 is 2.88 bits per heavy atom. The number of hydrogen-bond acceptors (Lipinski definition) is 6. The molecule has 8 nitrogen and oxygen atoms in total. The van der Waals surface area contributed by atoms with Gasteiger partial charge in [-0.3, -0.25) is 9.59 Å². The summed E-state index contributed by atoms with van der Waals surface area (Å²) in [7, 11) is 1.57. The van der Waals surface area contributed by atoms with Crippen LogP contribution in [0, 0.1) is 11.8 Å². The van der Waals surface area contributed by atoms with E-state index >= 15 is 0 Å². The fraction of sp³-hybridized carbons (Fsp3) is 0.375. The first-order valence-corrected chi connectivity index (χ1v) is 7.50. The maximum Gasteiger partial charge on any atom is 0.307 e. The first-order valence-electron chi connectivity index (χ1n) is 7.50. The van der Waals surface area contributed by atoms with Crippen LogP contribution in [0.1, 0.15) is 25.3 Å². The number of carboxylic acid groups (broad SMARTS) is 1. The number of aliphatic carboxylic acids is 1. The Labute approximate surface area is 137 Å². The molecule has 1 aromatic heterocycles. The van der Waals surface area contributed by atoms with Crippen LogP contribution in [0.25, 0.3) is 11.4 Å². The van der Waals surface area contributed by atoms with Crippen LogP contribution in [-0.4, -0.2) is 34.2 Å². The second kappa shape index (κ2) is 6.31. The molecule has 24 heavy (non-hydrogen) atoms. The van der Waals surface area contributed by atoms with Crippen LogP contribution in [-0.2, 0) is 9.59 Å². The highest BCUT2D eigenvalue weighted by molar-refractivity contribution is 5.89. The molecule has 1 aliphatic carbocycles. The van der Waals surface area contributed by atoms with Crippen molar-refractivity contribution in [2.75, 3.05) is 7.11 Å². The molecule has 3 rings (SSSR count). The molecule has 2 aromatic rings. The molecule has 0 saturated heterocycles. The molecule has 1 amide bonds. The quantitative estimate of drug-likeness (QED) is 0.827. The average molecular weight is 331 g/mol. The highest BCUT2D eigenvalue weighted by atomic mass is 16.5. The summed E-state index contributed by atoms with van der Waals surface area (Å²) in [6.45, 7) is 1.71. The molecular weight excluding hydrogens is 314 g/mol. The summed E-state index contributed by atoms with van der Waals surface area (Å²) < 4.78 is 10.4. The lowest BCUT2D eigenvalue weighted by molar-refractivity contribution is -0.140. The Balaban J connectivity index is 1.66. The zero-order chi connectivity index (χ0) is 17.3. The van der Waals surface area contributed by atoms with Crippen molar-refractivity contribution in [2.45, 2.75) is 19.4 Å². The lowest BCUT2D eigenvalue weighted by Gasteiger charge is -2.08. The molecule has 0 bridgehead atoms. The number of rotatable bonds is 6. The maximum absolute atomic E-state index is 12.0. The largest absolute Gasteiger partial charge is 0.497 e. The lowest BCUT2D eigenvalue weighted by Crippen LogP contribution is -2.29. The van der Waals surface area contributed by atoms with Gasteiger partial charge in [0, 0.05) is 5.56 Å². The summed E-state index contributed by atoms with van der Waals surface area (Å²) in [5.74, 6) is -1.00. The van der Waals surface area contributed by atoms with Crippen molar-refractivity contribution in [2.24, 2.45) is 11.8 Å². The summed E-state index contributed by atoms with van der Waals surface area (Å²) in [6, 6.07) is 6.72. The molecule has 0 spiro atoms. The topological polar surface area (TPSA) is 115 Å². The van der Waals surface area contributed by atoms with E-state index in [4.69, 9.17) is 14.4 Å². The number of methoxy groups -OCH3 is 1. The average Bonchev–Trinajstić information content (AvgIpc) is 3.24. The fourth-order valence-corrected chi connectivity index (χ4v) is 2.43. The standard InChI is InChI=1S/C16H17N3O5/c1-8(17-14(20)11-7-12(11)16(21)22)15-18-13(19-24-15)9-4-3-5-10(6-9)23-2/h3-6,8,11-12H,7H2,1-2H3,(H,17,20)(H,21,22)/t8-,11-,12-/m0/s1. The van der Waals surface area contributed by atoms with E-state index in [1.165, 1.54) is 0 Å². The Morgan fingerprint density at radius 1 is 1.42 bits per heavy atom. The summed E-state index contributed by atoms with van der Waals surface area (Å²) in [5, 5.41) is 15.5. The molecule has 8 heteroatoms. The van der Waals surface area contributed by atoms with Gasteiger partial charge in [0.25, 0.3) is 0 Å². The Bertz CT molecular complexity index is 773. The molecule has 0 unspecified atom stereocenters.